The molecule has 0 atom stereocenters. The summed E-state index contributed by atoms with van der Waals surface area (Å²) in [5, 5.41) is 2.97. The first-order chi connectivity index (χ1) is 13.3. The Morgan fingerprint density at radius 1 is 1.07 bits per heavy atom. The number of hydrogen-bond acceptors (Lipinski definition) is 5. The van der Waals surface area contributed by atoms with E-state index in [2.05, 4.69) is 5.32 Å². The number of carbonyl (C=O) groups excluding carboxylic acids is 4. The predicted molar refractivity (Wildman–Crippen MR) is 102 cm³/mol. The molecule has 0 aromatic heterocycles. The Morgan fingerprint density at radius 3 is 2.25 bits per heavy atom. The van der Waals surface area contributed by atoms with Crippen LogP contribution in [0.5, 0.6) is 0 Å². The van der Waals surface area contributed by atoms with Gasteiger partial charge in [-0.05, 0) is 43.2 Å². The number of nitrogens with one attached hydrogen (secondary N) is 1. The molecule has 0 radical (unpaired) electrons. The van der Waals surface area contributed by atoms with Crippen molar-refractivity contribution in [3.8, 4) is 0 Å². The van der Waals surface area contributed by atoms with E-state index in [1.165, 1.54) is 12.1 Å². The molecule has 1 heterocycles. The van der Waals surface area contributed by atoms with Crippen molar-refractivity contribution in [2.24, 2.45) is 0 Å². The fourth-order valence-corrected chi connectivity index (χ4v) is 3.32. The summed E-state index contributed by atoms with van der Waals surface area (Å²) in [4.78, 5) is 49.3. The lowest BCUT2D eigenvalue weighted by Crippen LogP contribution is -2.36. The van der Waals surface area contributed by atoms with Crippen molar-refractivity contribution in [3.63, 3.8) is 0 Å². The van der Waals surface area contributed by atoms with Gasteiger partial charge in [0.1, 0.15) is 6.54 Å². The zero-order chi connectivity index (χ0) is 20.4. The van der Waals surface area contributed by atoms with Gasteiger partial charge in [0.2, 0.25) is 0 Å². The highest BCUT2D eigenvalue weighted by Gasteiger charge is 2.36. The van der Waals surface area contributed by atoms with E-state index in [-0.39, 0.29) is 11.1 Å². The Kier molecular flexibility index (Phi) is 5.46. The van der Waals surface area contributed by atoms with Crippen LogP contribution < -0.4 is 5.32 Å². The molecule has 3 amide bonds. The molecular weight excluding hydrogens is 384 g/mol. The Hall–Kier alpha value is -3.19. The van der Waals surface area contributed by atoms with Crippen molar-refractivity contribution in [3.05, 3.63) is 63.7 Å². The maximum Gasteiger partial charge on any atom is 0.326 e. The topological polar surface area (TPSA) is 92.8 Å². The van der Waals surface area contributed by atoms with Crippen molar-refractivity contribution in [1.29, 1.82) is 0 Å². The lowest BCUT2D eigenvalue weighted by atomic mass is 10.1. The van der Waals surface area contributed by atoms with Crippen LogP contribution in [0.25, 0.3) is 0 Å². The number of amides is 3. The number of ether oxygens (including phenoxy) is 1. The lowest BCUT2D eigenvalue weighted by molar-refractivity contribution is -0.147. The molecule has 8 heteroatoms. The third kappa shape index (κ3) is 3.89. The van der Waals surface area contributed by atoms with Gasteiger partial charge in [-0.1, -0.05) is 29.8 Å². The SMILES string of the molecule is Cc1cc(C)c(NC(=O)COC(=O)CN2C(=O)c3ccccc3C2=O)c(Cl)c1. The molecule has 2 aromatic rings. The van der Waals surface area contributed by atoms with Crippen molar-refractivity contribution in [1.82, 2.24) is 4.90 Å². The minimum atomic E-state index is -0.864. The second-order valence-corrected chi connectivity index (χ2v) is 6.80. The normalized spacial score (nSPS) is 12.8. The van der Waals surface area contributed by atoms with Crippen LogP contribution in [-0.2, 0) is 14.3 Å². The molecule has 0 spiro atoms. The maximum absolute atomic E-state index is 12.2. The van der Waals surface area contributed by atoms with Crippen LogP contribution in [0, 0.1) is 13.8 Å². The van der Waals surface area contributed by atoms with Crippen LogP contribution in [-0.4, -0.2) is 41.7 Å². The highest BCUT2D eigenvalue weighted by Crippen LogP contribution is 2.27. The second kappa shape index (κ2) is 7.82. The van der Waals surface area contributed by atoms with Crippen LogP contribution in [0.1, 0.15) is 31.8 Å². The molecule has 7 nitrogen and oxygen atoms in total. The largest absolute Gasteiger partial charge is 0.454 e. The van der Waals surface area contributed by atoms with E-state index in [1.807, 2.05) is 13.0 Å². The average Bonchev–Trinajstić information content (AvgIpc) is 2.88. The van der Waals surface area contributed by atoms with Gasteiger partial charge in [-0.25, -0.2) is 0 Å². The van der Waals surface area contributed by atoms with Crippen molar-refractivity contribution in [2.75, 3.05) is 18.5 Å². The number of imide groups is 1. The summed E-state index contributed by atoms with van der Waals surface area (Å²) in [6.07, 6.45) is 0. The van der Waals surface area contributed by atoms with Crippen LogP contribution in [0.3, 0.4) is 0 Å². The summed E-state index contributed by atoms with van der Waals surface area (Å²) in [5.41, 5.74) is 2.64. The van der Waals surface area contributed by atoms with E-state index in [0.717, 1.165) is 16.0 Å². The first kappa shape index (κ1) is 19.6. The number of halogens is 1. The molecule has 0 aliphatic carbocycles. The number of rotatable bonds is 5. The summed E-state index contributed by atoms with van der Waals surface area (Å²) >= 11 is 6.13. The van der Waals surface area contributed by atoms with Gasteiger partial charge in [0.15, 0.2) is 6.61 Å². The van der Waals surface area contributed by atoms with Crippen molar-refractivity contribution in [2.45, 2.75) is 13.8 Å². The summed E-state index contributed by atoms with van der Waals surface area (Å²) < 4.78 is 4.90. The maximum atomic E-state index is 12.2. The van der Waals surface area contributed by atoms with E-state index < -0.39 is 36.8 Å². The first-order valence-corrected chi connectivity index (χ1v) is 8.83. The van der Waals surface area contributed by atoms with Gasteiger partial charge < -0.3 is 10.1 Å². The fraction of sp³-hybridized carbons (Fsp3) is 0.200. The van der Waals surface area contributed by atoms with E-state index in [9.17, 15) is 19.2 Å². The van der Waals surface area contributed by atoms with Crippen LogP contribution in [0.4, 0.5) is 5.69 Å². The molecular formula is C20H17ClN2O5. The third-order valence-corrected chi connectivity index (χ3v) is 4.52. The molecule has 3 rings (SSSR count). The first-order valence-electron chi connectivity index (χ1n) is 8.45. The lowest BCUT2D eigenvalue weighted by Gasteiger charge is -2.14. The van der Waals surface area contributed by atoms with Gasteiger partial charge in [-0.15, -0.1) is 0 Å². The van der Waals surface area contributed by atoms with Crippen LogP contribution in [0.2, 0.25) is 5.02 Å². The van der Waals surface area contributed by atoms with E-state index in [4.69, 9.17) is 16.3 Å². The molecule has 2 aromatic carbocycles. The quantitative estimate of drug-likeness (QED) is 0.615. The fourth-order valence-electron chi connectivity index (χ4n) is 2.95. The standard InChI is InChI=1S/C20H17ClN2O5/c1-11-7-12(2)18(15(21)8-11)22-16(24)10-28-17(25)9-23-19(26)13-5-3-4-6-14(13)20(23)27/h3-8H,9-10H2,1-2H3,(H,22,24). The van der Waals surface area contributed by atoms with Gasteiger partial charge in [0.25, 0.3) is 17.7 Å². The number of benzene rings is 2. The number of hydrogen-bond donors (Lipinski definition) is 1. The summed E-state index contributed by atoms with van der Waals surface area (Å²) in [6, 6.07) is 9.86. The molecule has 1 aliphatic heterocycles. The van der Waals surface area contributed by atoms with Gasteiger partial charge in [0.05, 0.1) is 21.8 Å². The van der Waals surface area contributed by atoms with Crippen LogP contribution >= 0.6 is 11.6 Å². The molecule has 1 aliphatic rings. The Balaban J connectivity index is 1.56. The number of carbonyl (C=O) groups is 4. The molecule has 144 valence electrons. The van der Waals surface area contributed by atoms with Gasteiger partial charge in [0, 0.05) is 0 Å². The predicted octanol–water partition coefficient (Wildman–Crippen LogP) is 2.73. The zero-order valence-corrected chi connectivity index (χ0v) is 16.0. The van der Waals surface area contributed by atoms with Gasteiger partial charge >= 0.3 is 5.97 Å². The Morgan fingerprint density at radius 2 is 1.68 bits per heavy atom. The minimum absolute atomic E-state index is 0.238. The third-order valence-electron chi connectivity index (χ3n) is 4.23. The number of esters is 1. The number of anilines is 1. The summed E-state index contributed by atoms with van der Waals surface area (Å²) in [5.74, 6) is -2.57. The molecule has 0 saturated heterocycles. The highest BCUT2D eigenvalue weighted by molar-refractivity contribution is 6.34. The summed E-state index contributed by atoms with van der Waals surface area (Å²) in [6.45, 7) is 2.55. The molecule has 0 bridgehead atoms. The summed E-state index contributed by atoms with van der Waals surface area (Å²) in [7, 11) is 0. The van der Waals surface area contributed by atoms with E-state index >= 15 is 0 Å². The second-order valence-electron chi connectivity index (χ2n) is 6.39. The molecule has 28 heavy (non-hydrogen) atoms. The van der Waals surface area contributed by atoms with Crippen LogP contribution in [0.15, 0.2) is 36.4 Å². The molecule has 0 fully saturated rings. The average molecular weight is 401 g/mol. The Bertz CT molecular complexity index is 944. The number of fused-ring (bicyclic) bond motifs is 1. The zero-order valence-electron chi connectivity index (χ0n) is 15.2. The Labute approximate surface area is 166 Å². The molecule has 0 unspecified atom stereocenters. The van der Waals surface area contributed by atoms with E-state index in [0.29, 0.717) is 10.7 Å². The van der Waals surface area contributed by atoms with E-state index in [1.54, 1.807) is 25.1 Å². The minimum Gasteiger partial charge on any atom is -0.454 e. The van der Waals surface area contributed by atoms with Gasteiger partial charge in [-0.2, -0.15) is 0 Å². The highest BCUT2D eigenvalue weighted by atomic mass is 35.5. The number of nitrogens with zero attached hydrogens (tertiary/aromatic N) is 1. The monoisotopic (exact) mass is 400 g/mol. The van der Waals surface area contributed by atoms with Crippen molar-refractivity contribution < 1.29 is 23.9 Å². The van der Waals surface area contributed by atoms with Crippen molar-refractivity contribution >= 4 is 41.0 Å². The van der Waals surface area contributed by atoms with Gasteiger partial charge in [-0.3, -0.25) is 24.1 Å². The smallest absolute Gasteiger partial charge is 0.326 e. The molecule has 1 N–H and O–H groups in total. The molecule has 0 saturated carbocycles. The number of aryl methyl sites for hydroxylation is 2.